The van der Waals surface area contributed by atoms with Gasteiger partial charge in [-0.3, -0.25) is 4.79 Å². The standard InChI is InChI=1S/C22H21NO3/c1-25-20-11-10-17-13-16(7-9-18(17)14-20)8-12-22(24)23-15-19-5-3-4-6-21(19)26-2/h3-14H,15H2,1-2H3,(H,23,24)/b12-8+. The van der Waals surface area contributed by atoms with Crippen LogP contribution in [-0.4, -0.2) is 20.1 Å². The molecule has 26 heavy (non-hydrogen) atoms. The van der Waals surface area contributed by atoms with Gasteiger partial charge in [0.05, 0.1) is 14.2 Å². The molecule has 0 saturated heterocycles. The molecule has 0 heterocycles. The van der Waals surface area contributed by atoms with Crippen molar-refractivity contribution in [3.63, 3.8) is 0 Å². The molecule has 1 amide bonds. The van der Waals surface area contributed by atoms with Crippen molar-refractivity contribution in [3.8, 4) is 11.5 Å². The van der Waals surface area contributed by atoms with Gasteiger partial charge < -0.3 is 14.8 Å². The van der Waals surface area contributed by atoms with Crippen LogP contribution in [0.2, 0.25) is 0 Å². The number of rotatable bonds is 6. The summed E-state index contributed by atoms with van der Waals surface area (Å²) in [7, 11) is 3.28. The summed E-state index contributed by atoms with van der Waals surface area (Å²) in [6.45, 7) is 0.421. The molecule has 0 unspecified atom stereocenters. The summed E-state index contributed by atoms with van der Waals surface area (Å²) in [5.74, 6) is 1.45. The van der Waals surface area contributed by atoms with E-state index in [1.165, 1.54) is 0 Å². The fourth-order valence-corrected chi connectivity index (χ4v) is 2.74. The summed E-state index contributed by atoms with van der Waals surface area (Å²) in [6.07, 6.45) is 3.35. The van der Waals surface area contributed by atoms with Crippen LogP contribution in [0.25, 0.3) is 16.8 Å². The fraction of sp³-hybridized carbons (Fsp3) is 0.136. The van der Waals surface area contributed by atoms with E-state index in [1.54, 1.807) is 26.4 Å². The zero-order chi connectivity index (χ0) is 18.4. The van der Waals surface area contributed by atoms with Gasteiger partial charge in [-0.05, 0) is 46.7 Å². The highest BCUT2D eigenvalue weighted by molar-refractivity contribution is 5.93. The third-order valence-electron chi connectivity index (χ3n) is 4.14. The lowest BCUT2D eigenvalue weighted by Gasteiger charge is -2.08. The van der Waals surface area contributed by atoms with Crippen LogP contribution in [0.1, 0.15) is 11.1 Å². The molecule has 132 valence electrons. The Labute approximate surface area is 153 Å². The SMILES string of the molecule is COc1ccc2cc(/C=C/C(=O)NCc3ccccc3OC)ccc2c1. The Morgan fingerprint density at radius 3 is 2.54 bits per heavy atom. The summed E-state index contributed by atoms with van der Waals surface area (Å²) in [4.78, 5) is 12.1. The third kappa shape index (κ3) is 4.22. The van der Waals surface area contributed by atoms with Gasteiger partial charge in [0.1, 0.15) is 11.5 Å². The number of hydrogen-bond acceptors (Lipinski definition) is 3. The second kappa shape index (κ2) is 8.21. The molecule has 3 rings (SSSR count). The van der Waals surface area contributed by atoms with Gasteiger partial charge in [-0.25, -0.2) is 0 Å². The van der Waals surface area contributed by atoms with E-state index in [0.717, 1.165) is 33.4 Å². The summed E-state index contributed by atoms with van der Waals surface area (Å²) in [5.41, 5.74) is 1.91. The first-order chi connectivity index (χ1) is 12.7. The van der Waals surface area contributed by atoms with Crippen molar-refractivity contribution < 1.29 is 14.3 Å². The van der Waals surface area contributed by atoms with Crippen molar-refractivity contribution in [3.05, 3.63) is 77.9 Å². The fourth-order valence-electron chi connectivity index (χ4n) is 2.74. The van der Waals surface area contributed by atoms with E-state index < -0.39 is 0 Å². The summed E-state index contributed by atoms with van der Waals surface area (Å²) in [6, 6.07) is 19.6. The number of fused-ring (bicyclic) bond motifs is 1. The zero-order valence-corrected chi connectivity index (χ0v) is 14.9. The Morgan fingerprint density at radius 1 is 0.962 bits per heavy atom. The molecule has 0 saturated carbocycles. The Hall–Kier alpha value is -3.27. The third-order valence-corrected chi connectivity index (χ3v) is 4.14. The number of amides is 1. The van der Waals surface area contributed by atoms with Gasteiger partial charge in [-0.1, -0.05) is 36.4 Å². The largest absolute Gasteiger partial charge is 0.497 e. The lowest BCUT2D eigenvalue weighted by molar-refractivity contribution is -0.116. The minimum Gasteiger partial charge on any atom is -0.497 e. The number of hydrogen-bond donors (Lipinski definition) is 1. The lowest BCUT2D eigenvalue weighted by Crippen LogP contribution is -2.20. The van der Waals surface area contributed by atoms with E-state index >= 15 is 0 Å². The van der Waals surface area contributed by atoms with E-state index in [0.29, 0.717) is 6.54 Å². The minimum atomic E-state index is -0.147. The van der Waals surface area contributed by atoms with Crippen molar-refractivity contribution in [2.75, 3.05) is 14.2 Å². The lowest BCUT2D eigenvalue weighted by atomic mass is 10.1. The van der Waals surface area contributed by atoms with E-state index in [-0.39, 0.29) is 5.91 Å². The zero-order valence-electron chi connectivity index (χ0n) is 14.9. The van der Waals surface area contributed by atoms with Crippen molar-refractivity contribution in [2.24, 2.45) is 0 Å². The maximum absolute atomic E-state index is 12.1. The van der Waals surface area contributed by atoms with Crippen molar-refractivity contribution in [1.82, 2.24) is 5.32 Å². The van der Waals surface area contributed by atoms with Crippen LogP contribution in [-0.2, 0) is 11.3 Å². The van der Waals surface area contributed by atoms with Crippen LogP contribution < -0.4 is 14.8 Å². The normalized spacial score (nSPS) is 10.8. The molecule has 1 N–H and O–H groups in total. The molecule has 4 heteroatoms. The Bertz CT molecular complexity index is 947. The van der Waals surface area contributed by atoms with Crippen LogP contribution >= 0.6 is 0 Å². The molecule has 4 nitrogen and oxygen atoms in total. The van der Waals surface area contributed by atoms with E-state index in [9.17, 15) is 4.79 Å². The molecule has 0 spiro atoms. The van der Waals surface area contributed by atoms with Crippen molar-refractivity contribution >= 4 is 22.8 Å². The topological polar surface area (TPSA) is 47.6 Å². The number of nitrogens with one attached hydrogen (secondary N) is 1. The highest BCUT2D eigenvalue weighted by atomic mass is 16.5. The highest BCUT2D eigenvalue weighted by Crippen LogP contribution is 2.22. The summed E-state index contributed by atoms with van der Waals surface area (Å²) >= 11 is 0. The molecule has 0 aliphatic rings. The predicted octanol–water partition coefficient (Wildman–Crippen LogP) is 4.19. The van der Waals surface area contributed by atoms with Gasteiger partial charge in [0.2, 0.25) is 5.91 Å². The molecule has 0 aliphatic heterocycles. The number of benzene rings is 3. The van der Waals surface area contributed by atoms with E-state index in [2.05, 4.69) is 5.32 Å². The van der Waals surface area contributed by atoms with Gasteiger partial charge in [-0.2, -0.15) is 0 Å². The second-order valence-electron chi connectivity index (χ2n) is 5.84. The van der Waals surface area contributed by atoms with Gasteiger partial charge >= 0.3 is 0 Å². The maximum atomic E-state index is 12.1. The van der Waals surface area contributed by atoms with Crippen LogP contribution in [0.5, 0.6) is 11.5 Å². The smallest absolute Gasteiger partial charge is 0.244 e. The van der Waals surface area contributed by atoms with E-state index in [4.69, 9.17) is 9.47 Å². The Morgan fingerprint density at radius 2 is 1.73 bits per heavy atom. The van der Waals surface area contributed by atoms with Crippen LogP contribution in [0.3, 0.4) is 0 Å². The average Bonchev–Trinajstić information content (AvgIpc) is 2.70. The molecule has 0 fully saturated rings. The Kier molecular flexibility index (Phi) is 5.54. The molecule has 3 aromatic carbocycles. The first-order valence-electron chi connectivity index (χ1n) is 8.35. The second-order valence-corrected chi connectivity index (χ2v) is 5.84. The first kappa shape index (κ1) is 17.5. The summed E-state index contributed by atoms with van der Waals surface area (Å²) in [5, 5.41) is 5.07. The first-order valence-corrected chi connectivity index (χ1v) is 8.35. The average molecular weight is 347 g/mol. The van der Waals surface area contributed by atoms with Crippen LogP contribution in [0.15, 0.2) is 66.7 Å². The molecule has 3 aromatic rings. The van der Waals surface area contributed by atoms with Gasteiger partial charge in [0.15, 0.2) is 0 Å². The number of para-hydroxylation sites is 1. The molecule has 0 atom stereocenters. The number of carbonyl (C=O) groups is 1. The predicted molar refractivity (Wildman–Crippen MR) is 104 cm³/mol. The monoisotopic (exact) mass is 347 g/mol. The van der Waals surface area contributed by atoms with Gasteiger partial charge in [0.25, 0.3) is 0 Å². The van der Waals surface area contributed by atoms with E-state index in [1.807, 2.05) is 60.7 Å². The highest BCUT2D eigenvalue weighted by Gasteiger charge is 2.03. The Balaban J connectivity index is 1.65. The van der Waals surface area contributed by atoms with Crippen molar-refractivity contribution in [2.45, 2.75) is 6.54 Å². The maximum Gasteiger partial charge on any atom is 0.244 e. The number of ether oxygens (including phenoxy) is 2. The van der Waals surface area contributed by atoms with Gasteiger partial charge in [0, 0.05) is 18.2 Å². The molecule has 0 bridgehead atoms. The number of methoxy groups -OCH3 is 2. The minimum absolute atomic E-state index is 0.147. The van der Waals surface area contributed by atoms with Crippen LogP contribution in [0.4, 0.5) is 0 Å². The number of carbonyl (C=O) groups excluding carboxylic acids is 1. The molecular formula is C22H21NO3. The van der Waals surface area contributed by atoms with Gasteiger partial charge in [-0.15, -0.1) is 0 Å². The molecule has 0 aromatic heterocycles. The van der Waals surface area contributed by atoms with Crippen LogP contribution in [0, 0.1) is 0 Å². The van der Waals surface area contributed by atoms with Crippen molar-refractivity contribution in [1.29, 1.82) is 0 Å². The molecular weight excluding hydrogens is 326 g/mol. The summed E-state index contributed by atoms with van der Waals surface area (Å²) < 4.78 is 10.5. The molecule has 0 aliphatic carbocycles. The quantitative estimate of drug-likeness (QED) is 0.680. The molecule has 0 radical (unpaired) electrons.